The average molecular weight is 514 g/mol. The van der Waals surface area contributed by atoms with Gasteiger partial charge in [0.2, 0.25) is 5.91 Å². The van der Waals surface area contributed by atoms with Crippen LogP contribution in [-0.4, -0.2) is 64.5 Å². The summed E-state index contributed by atoms with van der Waals surface area (Å²) in [6.07, 6.45) is 1.51. The number of hydrogen-bond donors (Lipinski definition) is 0. The van der Waals surface area contributed by atoms with E-state index in [2.05, 4.69) is 15.1 Å². The highest BCUT2D eigenvalue weighted by Gasteiger charge is 2.26. The molecule has 2 aromatic heterocycles. The molecule has 0 aliphatic carbocycles. The monoisotopic (exact) mass is 513 g/mol. The number of piperazine rings is 1. The number of carbonyl (C=O) groups excluding carboxylic acids is 2. The van der Waals surface area contributed by atoms with E-state index in [0.29, 0.717) is 31.9 Å². The minimum absolute atomic E-state index is 0.108. The molecule has 4 aromatic rings. The van der Waals surface area contributed by atoms with Crippen LogP contribution in [0, 0.1) is 12.7 Å². The Morgan fingerprint density at radius 3 is 2.39 bits per heavy atom. The average Bonchev–Trinajstić information content (AvgIpc) is 3.46. The summed E-state index contributed by atoms with van der Waals surface area (Å²) in [6, 6.07) is 21.0. The number of nitrogens with zero attached hydrogens (tertiary/aromatic N) is 5. The van der Waals surface area contributed by atoms with Crippen molar-refractivity contribution in [3.05, 3.63) is 102 Å². The van der Waals surface area contributed by atoms with Gasteiger partial charge in [-0.05, 0) is 49.4 Å². The van der Waals surface area contributed by atoms with Gasteiger partial charge in [-0.2, -0.15) is 0 Å². The highest BCUT2D eigenvalue weighted by Crippen LogP contribution is 2.20. The fraction of sp³-hybridized carbons (Fsp3) is 0.241. The van der Waals surface area contributed by atoms with Gasteiger partial charge in [0.25, 0.3) is 5.91 Å². The minimum Gasteiger partial charge on any atom is -0.467 e. The largest absolute Gasteiger partial charge is 0.467 e. The van der Waals surface area contributed by atoms with Gasteiger partial charge in [0.05, 0.1) is 18.5 Å². The molecular formula is C29H28FN5O3. The normalized spacial score (nSPS) is 13.4. The molecule has 2 amide bonds. The Labute approximate surface area is 220 Å². The van der Waals surface area contributed by atoms with Crippen molar-refractivity contribution in [1.29, 1.82) is 0 Å². The van der Waals surface area contributed by atoms with Crippen LogP contribution in [0.2, 0.25) is 0 Å². The number of carbonyl (C=O) groups is 2. The van der Waals surface area contributed by atoms with Crippen LogP contribution in [0.1, 0.15) is 21.7 Å². The molecule has 0 saturated carbocycles. The Morgan fingerprint density at radius 2 is 1.74 bits per heavy atom. The number of furan rings is 1. The Balaban J connectivity index is 1.21. The van der Waals surface area contributed by atoms with E-state index < -0.39 is 11.7 Å². The molecule has 0 atom stereocenters. The van der Waals surface area contributed by atoms with E-state index in [1.807, 2.05) is 43.3 Å². The first-order chi connectivity index (χ1) is 18.5. The summed E-state index contributed by atoms with van der Waals surface area (Å²) >= 11 is 0. The summed E-state index contributed by atoms with van der Waals surface area (Å²) in [5.74, 6) is 0.179. The summed E-state index contributed by atoms with van der Waals surface area (Å²) in [4.78, 5) is 31.6. The summed E-state index contributed by atoms with van der Waals surface area (Å²) in [5.41, 5.74) is 3.19. The third kappa shape index (κ3) is 5.88. The fourth-order valence-electron chi connectivity index (χ4n) is 4.41. The molecule has 8 nitrogen and oxygen atoms in total. The van der Waals surface area contributed by atoms with Crippen LogP contribution in [0.4, 0.5) is 10.2 Å². The number of amides is 2. The van der Waals surface area contributed by atoms with Gasteiger partial charge >= 0.3 is 0 Å². The predicted molar refractivity (Wildman–Crippen MR) is 141 cm³/mol. The third-order valence-corrected chi connectivity index (χ3v) is 6.57. The Kier molecular flexibility index (Phi) is 7.44. The van der Waals surface area contributed by atoms with Crippen LogP contribution in [0.5, 0.6) is 0 Å². The lowest BCUT2D eigenvalue weighted by atomic mass is 10.1. The Bertz CT molecular complexity index is 1380. The first kappa shape index (κ1) is 25.1. The number of halogens is 1. The summed E-state index contributed by atoms with van der Waals surface area (Å²) in [6.45, 7) is 4.19. The molecule has 0 spiro atoms. The van der Waals surface area contributed by atoms with E-state index in [0.717, 1.165) is 17.1 Å². The van der Waals surface area contributed by atoms with Gasteiger partial charge in [-0.3, -0.25) is 9.59 Å². The summed E-state index contributed by atoms with van der Waals surface area (Å²) < 4.78 is 19.1. The van der Waals surface area contributed by atoms with Crippen LogP contribution < -0.4 is 4.90 Å². The second-order valence-electron chi connectivity index (χ2n) is 9.26. The first-order valence-corrected chi connectivity index (χ1v) is 12.5. The lowest BCUT2D eigenvalue weighted by molar-refractivity contribution is -0.132. The summed E-state index contributed by atoms with van der Waals surface area (Å²) in [7, 11) is 0. The molecule has 3 heterocycles. The lowest BCUT2D eigenvalue weighted by Gasteiger charge is -2.36. The van der Waals surface area contributed by atoms with Gasteiger partial charge < -0.3 is 19.1 Å². The molecule has 0 N–H and O–H groups in total. The SMILES string of the molecule is Cc1ccc(-c2ccc(N3CCN(C(=O)CN(Cc4ccco4)C(=O)c4cccc(F)c4)CC3)nn2)cc1. The molecule has 38 heavy (non-hydrogen) atoms. The van der Waals surface area contributed by atoms with Crippen molar-refractivity contribution < 1.29 is 18.4 Å². The predicted octanol–water partition coefficient (Wildman–Crippen LogP) is 4.18. The molecule has 1 fully saturated rings. The maximum absolute atomic E-state index is 13.7. The number of anilines is 1. The molecule has 5 rings (SSSR count). The fourth-order valence-corrected chi connectivity index (χ4v) is 4.41. The maximum atomic E-state index is 13.7. The van der Waals surface area contributed by atoms with Crippen LogP contribution in [0.15, 0.2) is 83.5 Å². The van der Waals surface area contributed by atoms with Gasteiger partial charge in [0, 0.05) is 37.3 Å². The second kappa shape index (κ2) is 11.2. The molecule has 0 bridgehead atoms. The van der Waals surface area contributed by atoms with E-state index in [-0.39, 0.29) is 24.6 Å². The zero-order valence-electron chi connectivity index (χ0n) is 21.1. The highest BCUT2D eigenvalue weighted by atomic mass is 19.1. The summed E-state index contributed by atoms with van der Waals surface area (Å²) in [5, 5.41) is 8.79. The van der Waals surface area contributed by atoms with Crippen molar-refractivity contribution in [2.45, 2.75) is 13.5 Å². The van der Waals surface area contributed by atoms with E-state index in [1.54, 1.807) is 17.0 Å². The highest BCUT2D eigenvalue weighted by molar-refractivity contribution is 5.96. The first-order valence-electron chi connectivity index (χ1n) is 12.5. The maximum Gasteiger partial charge on any atom is 0.254 e. The zero-order valence-corrected chi connectivity index (χ0v) is 21.1. The van der Waals surface area contributed by atoms with E-state index in [1.165, 1.54) is 41.0 Å². The molecule has 1 aliphatic rings. The molecule has 2 aromatic carbocycles. The molecule has 1 aliphatic heterocycles. The zero-order chi connectivity index (χ0) is 26.5. The smallest absolute Gasteiger partial charge is 0.254 e. The van der Waals surface area contributed by atoms with Gasteiger partial charge in [-0.1, -0.05) is 35.9 Å². The number of aromatic nitrogens is 2. The van der Waals surface area contributed by atoms with Gasteiger partial charge in [0.15, 0.2) is 5.82 Å². The molecular weight excluding hydrogens is 485 g/mol. The molecule has 0 radical (unpaired) electrons. The van der Waals surface area contributed by atoms with Crippen molar-refractivity contribution >= 4 is 17.6 Å². The standard InChI is InChI=1S/C29H28FN5O3/c1-21-7-9-22(10-8-21)26-11-12-27(32-31-26)33-13-15-34(16-14-33)28(36)20-35(19-25-6-3-17-38-25)29(37)23-4-2-5-24(30)18-23/h2-12,17-18H,13-16,19-20H2,1H3. The Hall–Kier alpha value is -4.53. The lowest BCUT2D eigenvalue weighted by Crippen LogP contribution is -2.52. The number of hydrogen-bond acceptors (Lipinski definition) is 6. The number of benzene rings is 2. The van der Waals surface area contributed by atoms with Gasteiger partial charge in [0.1, 0.15) is 18.1 Å². The topological polar surface area (TPSA) is 82.8 Å². The van der Waals surface area contributed by atoms with Crippen LogP contribution in [-0.2, 0) is 11.3 Å². The molecule has 194 valence electrons. The quantitative estimate of drug-likeness (QED) is 0.369. The molecule has 1 saturated heterocycles. The van der Waals surface area contributed by atoms with Crippen molar-refractivity contribution in [3.63, 3.8) is 0 Å². The van der Waals surface area contributed by atoms with Crippen molar-refractivity contribution in [3.8, 4) is 11.3 Å². The van der Waals surface area contributed by atoms with Gasteiger partial charge in [-0.25, -0.2) is 4.39 Å². The Morgan fingerprint density at radius 1 is 0.947 bits per heavy atom. The van der Waals surface area contributed by atoms with Crippen LogP contribution in [0.25, 0.3) is 11.3 Å². The number of aryl methyl sites for hydroxylation is 1. The van der Waals surface area contributed by atoms with Crippen molar-refractivity contribution in [1.82, 2.24) is 20.0 Å². The van der Waals surface area contributed by atoms with Crippen LogP contribution in [0.3, 0.4) is 0 Å². The molecule has 0 unspecified atom stereocenters. The van der Waals surface area contributed by atoms with Crippen molar-refractivity contribution in [2.75, 3.05) is 37.6 Å². The van der Waals surface area contributed by atoms with Crippen molar-refractivity contribution in [2.24, 2.45) is 0 Å². The van der Waals surface area contributed by atoms with E-state index >= 15 is 0 Å². The third-order valence-electron chi connectivity index (χ3n) is 6.57. The van der Waals surface area contributed by atoms with E-state index in [4.69, 9.17) is 4.42 Å². The second-order valence-corrected chi connectivity index (χ2v) is 9.26. The molecule has 9 heteroatoms. The van der Waals surface area contributed by atoms with E-state index in [9.17, 15) is 14.0 Å². The number of rotatable bonds is 7. The van der Waals surface area contributed by atoms with Crippen LogP contribution >= 0.6 is 0 Å². The minimum atomic E-state index is -0.508. The van der Waals surface area contributed by atoms with Gasteiger partial charge in [-0.15, -0.1) is 10.2 Å².